The van der Waals surface area contributed by atoms with Gasteiger partial charge in [0.25, 0.3) is 5.89 Å². The van der Waals surface area contributed by atoms with Crippen molar-refractivity contribution >= 4 is 10.0 Å². The average Bonchev–Trinajstić information content (AvgIpc) is 3.01. The molecule has 0 unspecified atom stereocenters. The van der Waals surface area contributed by atoms with Gasteiger partial charge < -0.3 is 10.3 Å². The number of aromatic nitrogens is 2. The van der Waals surface area contributed by atoms with Gasteiger partial charge >= 0.3 is 0 Å². The first-order valence-electron chi connectivity index (χ1n) is 7.62. The highest BCUT2D eigenvalue weighted by molar-refractivity contribution is 7.89. The number of nitrogens with two attached hydrogens (primary N) is 1. The zero-order chi connectivity index (χ0) is 16.5. The number of hydrogen-bond acceptors (Lipinski definition) is 6. The van der Waals surface area contributed by atoms with Crippen molar-refractivity contribution < 1.29 is 12.9 Å². The van der Waals surface area contributed by atoms with Crippen molar-refractivity contribution in [3.8, 4) is 11.5 Å². The zero-order valence-electron chi connectivity index (χ0n) is 12.9. The summed E-state index contributed by atoms with van der Waals surface area (Å²) in [6.07, 6.45) is 2.84. The van der Waals surface area contributed by atoms with E-state index in [1.165, 1.54) is 0 Å². The first-order valence-corrected chi connectivity index (χ1v) is 9.27. The van der Waals surface area contributed by atoms with E-state index >= 15 is 0 Å². The SMILES string of the molecule is CCS(=O)(=O)NCc1ccc(-c2nc(C3(N)CCC3)no2)cc1. The lowest BCUT2D eigenvalue weighted by molar-refractivity contribution is 0.229. The zero-order valence-corrected chi connectivity index (χ0v) is 13.8. The average molecular weight is 336 g/mol. The summed E-state index contributed by atoms with van der Waals surface area (Å²) in [4.78, 5) is 4.39. The molecule has 3 rings (SSSR count). The normalized spacial score (nSPS) is 17.0. The van der Waals surface area contributed by atoms with Gasteiger partial charge in [0.15, 0.2) is 5.82 Å². The molecule has 2 aromatic rings. The Kier molecular flexibility index (Phi) is 4.22. The van der Waals surface area contributed by atoms with E-state index in [1.807, 2.05) is 24.3 Å². The molecular weight excluding hydrogens is 316 g/mol. The van der Waals surface area contributed by atoms with Gasteiger partial charge in [0.1, 0.15) is 0 Å². The maximum atomic E-state index is 11.4. The predicted molar refractivity (Wildman–Crippen MR) is 85.8 cm³/mol. The van der Waals surface area contributed by atoms with E-state index in [4.69, 9.17) is 10.3 Å². The highest BCUT2D eigenvalue weighted by Crippen LogP contribution is 2.37. The fourth-order valence-electron chi connectivity index (χ4n) is 2.38. The van der Waals surface area contributed by atoms with Gasteiger partial charge in [-0.1, -0.05) is 17.3 Å². The number of hydrogen-bond donors (Lipinski definition) is 2. The van der Waals surface area contributed by atoms with E-state index in [1.54, 1.807) is 6.92 Å². The third-order valence-electron chi connectivity index (χ3n) is 4.19. The molecule has 0 radical (unpaired) electrons. The predicted octanol–water partition coefficient (Wildman–Crippen LogP) is 1.51. The molecule has 1 heterocycles. The molecule has 124 valence electrons. The second-order valence-electron chi connectivity index (χ2n) is 5.85. The Hall–Kier alpha value is -1.77. The van der Waals surface area contributed by atoms with Crippen LogP contribution in [0.25, 0.3) is 11.5 Å². The number of nitrogens with one attached hydrogen (secondary N) is 1. The summed E-state index contributed by atoms with van der Waals surface area (Å²) < 4.78 is 30.7. The van der Waals surface area contributed by atoms with Crippen LogP contribution in [-0.4, -0.2) is 24.3 Å². The summed E-state index contributed by atoms with van der Waals surface area (Å²) in [7, 11) is -3.19. The van der Waals surface area contributed by atoms with E-state index in [0.717, 1.165) is 30.4 Å². The summed E-state index contributed by atoms with van der Waals surface area (Å²) in [5.74, 6) is 1.05. The van der Waals surface area contributed by atoms with E-state index in [9.17, 15) is 8.42 Å². The number of benzene rings is 1. The molecule has 1 aromatic carbocycles. The van der Waals surface area contributed by atoms with E-state index in [-0.39, 0.29) is 12.3 Å². The van der Waals surface area contributed by atoms with Crippen molar-refractivity contribution in [2.45, 2.75) is 38.3 Å². The Labute approximate surface area is 135 Å². The Morgan fingerprint density at radius 1 is 1.30 bits per heavy atom. The molecule has 1 saturated carbocycles. The van der Waals surface area contributed by atoms with Gasteiger partial charge in [-0.05, 0) is 43.9 Å². The largest absolute Gasteiger partial charge is 0.334 e. The van der Waals surface area contributed by atoms with Crippen LogP contribution in [0.4, 0.5) is 0 Å². The lowest BCUT2D eigenvalue weighted by Gasteiger charge is -2.34. The Balaban J connectivity index is 1.70. The van der Waals surface area contributed by atoms with Crippen molar-refractivity contribution in [2.75, 3.05) is 5.75 Å². The Morgan fingerprint density at radius 3 is 2.57 bits per heavy atom. The Bertz CT molecular complexity index is 779. The minimum Gasteiger partial charge on any atom is -0.334 e. The molecule has 0 spiro atoms. The van der Waals surface area contributed by atoms with Crippen molar-refractivity contribution in [2.24, 2.45) is 5.73 Å². The molecule has 23 heavy (non-hydrogen) atoms. The number of sulfonamides is 1. The van der Waals surface area contributed by atoms with E-state index in [0.29, 0.717) is 11.7 Å². The molecule has 1 aliphatic rings. The molecule has 0 aliphatic heterocycles. The standard InChI is InChI=1S/C15H20N4O3S/c1-2-23(20,21)17-10-11-4-6-12(7-5-11)13-18-14(19-22-13)15(16)8-3-9-15/h4-7,17H,2-3,8-10,16H2,1H3. The van der Waals surface area contributed by atoms with Gasteiger partial charge in [-0.25, -0.2) is 13.1 Å². The van der Waals surface area contributed by atoms with Crippen molar-refractivity contribution in [1.82, 2.24) is 14.9 Å². The second-order valence-corrected chi connectivity index (χ2v) is 7.95. The van der Waals surface area contributed by atoms with Crippen LogP contribution in [0, 0.1) is 0 Å². The lowest BCUT2D eigenvalue weighted by atomic mass is 9.77. The summed E-state index contributed by atoms with van der Waals surface area (Å²) in [5.41, 5.74) is 7.39. The number of rotatable bonds is 6. The third-order valence-corrected chi connectivity index (χ3v) is 5.54. The quantitative estimate of drug-likeness (QED) is 0.827. The van der Waals surface area contributed by atoms with Crippen LogP contribution >= 0.6 is 0 Å². The molecule has 1 aromatic heterocycles. The molecule has 7 nitrogen and oxygen atoms in total. The summed E-state index contributed by atoms with van der Waals surface area (Å²) in [6.45, 7) is 1.86. The first-order chi connectivity index (χ1) is 10.9. The molecule has 1 fully saturated rings. The van der Waals surface area contributed by atoms with Gasteiger partial charge in [-0.3, -0.25) is 0 Å². The van der Waals surface area contributed by atoms with E-state index in [2.05, 4.69) is 14.9 Å². The van der Waals surface area contributed by atoms with Gasteiger partial charge in [-0.15, -0.1) is 0 Å². The summed E-state index contributed by atoms with van der Waals surface area (Å²) >= 11 is 0. The second kappa shape index (κ2) is 6.03. The van der Waals surface area contributed by atoms with Crippen molar-refractivity contribution in [3.63, 3.8) is 0 Å². The van der Waals surface area contributed by atoms with Crippen molar-refractivity contribution in [3.05, 3.63) is 35.7 Å². The molecule has 0 saturated heterocycles. The molecule has 0 bridgehead atoms. The smallest absolute Gasteiger partial charge is 0.257 e. The van der Waals surface area contributed by atoms with Crippen LogP contribution < -0.4 is 10.5 Å². The highest BCUT2D eigenvalue weighted by atomic mass is 32.2. The number of nitrogens with zero attached hydrogens (tertiary/aromatic N) is 2. The molecule has 3 N–H and O–H groups in total. The minimum atomic E-state index is -3.19. The monoisotopic (exact) mass is 336 g/mol. The van der Waals surface area contributed by atoms with Crippen LogP contribution in [0.15, 0.2) is 28.8 Å². The van der Waals surface area contributed by atoms with Gasteiger partial charge in [0, 0.05) is 12.1 Å². The van der Waals surface area contributed by atoms with Crippen LogP contribution in [-0.2, 0) is 22.1 Å². The molecular formula is C15H20N4O3S. The fraction of sp³-hybridized carbons (Fsp3) is 0.467. The maximum Gasteiger partial charge on any atom is 0.257 e. The molecule has 8 heteroatoms. The van der Waals surface area contributed by atoms with Crippen LogP contribution in [0.2, 0.25) is 0 Å². The minimum absolute atomic E-state index is 0.0662. The van der Waals surface area contributed by atoms with E-state index < -0.39 is 15.6 Å². The lowest BCUT2D eigenvalue weighted by Crippen LogP contribution is -2.44. The topological polar surface area (TPSA) is 111 Å². The van der Waals surface area contributed by atoms with Gasteiger partial charge in [0.05, 0.1) is 11.3 Å². The Morgan fingerprint density at radius 2 is 2.00 bits per heavy atom. The molecule has 0 amide bonds. The van der Waals surface area contributed by atoms with Crippen LogP contribution in [0.1, 0.15) is 37.6 Å². The first kappa shape index (κ1) is 16.1. The third kappa shape index (κ3) is 3.44. The molecule has 0 atom stereocenters. The summed E-state index contributed by atoms with van der Waals surface area (Å²) in [5, 5.41) is 3.99. The highest BCUT2D eigenvalue weighted by Gasteiger charge is 2.39. The van der Waals surface area contributed by atoms with Gasteiger partial charge in [0.2, 0.25) is 10.0 Å². The van der Waals surface area contributed by atoms with Crippen LogP contribution in [0.3, 0.4) is 0 Å². The van der Waals surface area contributed by atoms with Gasteiger partial charge in [-0.2, -0.15) is 4.98 Å². The van der Waals surface area contributed by atoms with Crippen LogP contribution in [0.5, 0.6) is 0 Å². The molecule has 1 aliphatic carbocycles. The fourth-order valence-corrected chi connectivity index (χ4v) is 2.98. The maximum absolute atomic E-state index is 11.4. The summed E-state index contributed by atoms with van der Waals surface area (Å²) in [6, 6.07) is 7.32. The van der Waals surface area contributed by atoms with Crippen molar-refractivity contribution in [1.29, 1.82) is 0 Å².